The molecule has 29 heavy (non-hydrogen) atoms. The molecule has 0 bridgehead atoms. The van der Waals surface area contributed by atoms with Crippen LogP contribution in [-0.2, 0) is 11.3 Å². The molecule has 0 aliphatic carbocycles. The van der Waals surface area contributed by atoms with Crippen LogP contribution < -0.4 is 14.3 Å². The van der Waals surface area contributed by atoms with Crippen molar-refractivity contribution in [1.82, 2.24) is 4.57 Å². The van der Waals surface area contributed by atoms with Crippen molar-refractivity contribution in [2.45, 2.75) is 38.1 Å². The minimum atomic E-state index is -0.0780. The van der Waals surface area contributed by atoms with Crippen LogP contribution in [0.2, 0.25) is 0 Å². The fourth-order valence-corrected chi connectivity index (χ4v) is 5.12. The Bertz CT molecular complexity index is 1050. The summed E-state index contributed by atoms with van der Waals surface area (Å²) in [5.41, 5.74) is 2.18. The summed E-state index contributed by atoms with van der Waals surface area (Å²) in [6.07, 6.45) is 1.23. The van der Waals surface area contributed by atoms with Crippen molar-refractivity contribution in [3.8, 4) is 11.5 Å². The second kappa shape index (κ2) is 9.98. The highest BCUT2D eigenvalue weighted by Crippen LogP contribution is 2.30. The van der Waals surface area contributed by atoms with E-state index in [0.29, 0.717) is 6.42 Å². The molecular formula is C22H26N2O3S2. The fraction of sp³-hybridized carbons (Fsp3) is 0.364. The first-order valence-electron chi connectivity index (χ1n) is 9.58. The molecule has 7 heteroatoms. The maximum Gasteiger partial charge on any atom is 0.248 e. The van der Waals surface area contributed by atoms with Crippen LogP contribution in [0.15, 0.2) is 46.3 Å². The average Bonchev–Trinajstić information content (AvgIpc) is 3.11. The number of amides is 1. The molecule has 1 aromatic heterocycles. The van der Waals surface area contributed by atoms with Crippen LogP contribution in [0.4, 0.5) is 0 Å². The van der Waals surface area contributed by atoms with Crippen LogP contribution in [-0.4, -0.2) is 30.4 Å². The largest absolute Gasteiger partial charge is 0.497 e. The van der Waals surface area contributed by atoms with Crippen molar-refractivity contribution < 1.29 is 14.3 Å². The molecule has 0 aliphatic heterocycles. The Morgan fingerprint density at radius 2 is 1.90 bits per heavy atom. The Kier molecular flexibility index (Phi) is 7.39. The number of thiazole rings is 1. The summed E-state index contributed by atoms with van der Waals surface area (Å²) in [4.78, 5) is 18.8. The Balaban J connectivity index is 1.68. The smallest absolute Gasteiger partial charge is 0.248 e. The minimum Gasteiger partial charge on any atom is -0.497 e. The molecule has 0 spiro atoms. The molecule has 0 unspecified atom stereocenters. The predicted molar refractivity (Wildman–Crippen MR) is 120 cm³/mol. The molecule has 0 radical (unpaired) electrons. The van der Waals surface area contributed by atoms with Gasteiger partial charge in [-0.05, 0) is 61.9 Å². The third-order valence-corrected chi connectivity index (χ3v) is 6.92. The molecule has 0 saturated heterocycles. The summed E-state index contributed by atoms with van der Waals surface area (Å²) in [5, 5.41) is 0. The van der Waals surface area contributed by atoms with Crippen LogP contribution >= 0.6 is 23.1 Å². The van der Waals surface area contributed by atoms with Gasteiger partial charge in [0.1, 0.15) is 17.0 Å². The zero-order chi connectivity index (χ0) is 20.8. The third-order valence-electron chi connectivity index (χ3n) is 4.61. The number of aryl methyl sites for hydroxylation is 2. The second-order valence-electron chi connectivity index (χ2n) is 6.52. The molecule has 5 nitrogen and oxygen atoms in total. The maximum absolute atomic E-state index is 12.5. The van der Waals surface area contributed by atoms with Gasteiger partial charge in [-0.1, -0.05) is 17.4 Å². The fourth-order valence-electron chi connectivity index (χ4n) is 3.07. The standard InChI is InChI=1S/C22H26N2O3S2/c1-5-24-20-18(27-4)13-8-15(2)21(20)29-22(24)23-19(25)7-6-14-28-17-11-9-16(26-3)10-12-17/h8-13H,5-7,14H2,1-4H3. The number of methoxy groups -OCH3 is 2. The van der Waals surface area contributed by atoms with Crippen LogP contribution in [0.3, 0.4) is 0 Å². The number of hydrogen-bond donors (Lipinski definition) is 0. The van der Waals surface area contributed by atoms with E-state index in [-0.39, 0.29) is 5.91 Å². The van der Waals surface area contributed by atoms with E-state index in [1.165, 1.54) is 4.90 Å². The SMILES string of the molecule is CCn1c(=NC(=O)CCCSc2ccc(OC)cc2)sc2c(C)ccc(OC)c21. The number of benzene rings is 2. The van der Waals surface area contributed by atoms with E-state index in [1.807, 2.05) is 36.4 Å². The summed E-state index contributed by atoms with van der Waals surface area (Å²) in [6, 6.07) is 12.0. The molecule has 3 rings (SSSR count). The average molecular weight is 431 g/mol. The molecular weight excluding hydrogens is 404 g/mol. The van der Waals surface area contributed by atoms with Crippen LogP contribution in [0, 0.1) is 6.92 Å². The van der Waals surface area contributed by atoms with Crippen LogP contribution in [0.1, 0.15) is 25.3 Å². The number of rotatable bonds is 8. The number of fused-ring (bicyclic) bond motifs is 1. The number of hydrogen-bond acceptors (Lipinski definition) is 5. The van der Waals surface area contributed by atoms with Gasteiger partial charge < -0.3 is 14.0 Å². The highest BCUT2D eigenvalue weighted by Gasteiger charge is 2.13. The van der Waals surface area contributed by atoms with Crippen molar-refractivity contribution in [3.63, 3.8) is 0 Å². The van der Waals surface area contributed by atoms with Gasteiger partial charge in [-0.25, -0.2) is 0 Å². The highest BCUT2D eigenvalue weighted by molar-refractivity contribution is 7.99. The summed E-state index contributed by atoms with van der Waals surface area (Å²) in [5.74, 6) is 2.46. The van der Waals surface area contributed by atoms with E-state index in [1.54, 1.807) is 37.3 Å². The molecule has 1 heterocycles. The van der Waals surface area contributed by atoms with Gasteiger partial charge in [0, 0.05) is 17.9 Å². The van der Waals surface area contributed by atoms with Gasteiger partial charge in [0.2, 0.25) is 5.91 Å². The molecule has 0 fully saturated rings. The van der Waals surface area contributed by atoms with Crippen LogP contribution in [0.5, 0.6) is 11.5 Å². The normalized spacial score (nSPS) is 11.8. The summed E-state index contributed by atoms with van der Waals surface area (Å²) < 4.78 is 13.9. The monoisotopic (exact) mass is 430 g/mol. The highest BCUT2D eigenvalue weighted by atomic mass is 32.2. The third kappa shape index (κ3) is 5.03. The van der Waals surface area contributed by atoms with Crippen molar-refractivity contribution >= 4 is 39.2 Å². The Hall–Kier alpha value is -2.25. The predicted octanol–water partition coefficient (Wildman–Crippen LogP) is 5.05. The van der Waals surface area contributed by atoms with E-state index in [0.717, 1.165) is 50.8 Å². The molecule has 0 saturated carbocycles. The number of ether oxygens (including phenoxy) is 2. The van der Waals surface area contributed by atoms with Crippen molar-refractivity contribution in [3.05, 3.63) is 46.8 Å². The summed E-state index contributed by atoms with van der Waals surface area (Å²) >= 11 is 3.29. The first kappa shape index (κ1) is 21.5. The van der Waals surface area contributed by atoms with E-state index in [2.05, 4.69) is 23.4 Å². The number of thioether (sulfide) groups is 1. The van der Waals surface area contributed by atoms with Gasteiger partial charge in [-0.15, -0.1) is 11.8 Å². The molecule has 0 atom stereocenters. The number of nitrogens with zero attached hydrogens (tertiary/aromatic N) is 2. The number of carbonyl (C=O) groups is 1. The van der Waals surface area contributed by atoms with Crippen molar-refractivity contribution in [1.29, 1.82) is 0 Å². The zero-order valence-corrected chi connectivity index (χ0v) is 18.9. The molecule has 3 aromatic rings. The summed E-state index contributed by atoms with van der Waals surface area (Å²) in [7, 11) is 3.33. The van der Waals surface area contributed by atoms with Crippen molar-refractivity contribution in [2.75, 3.05) is 20.0 Å². The van der Waals surface area contributed by atoms with E-state index >= 15 is 0 Å². The number of aromatic nitrogens is 1. The molecule has 154 valence electrons. The number of carbonyl (C=O) groups excluding carboxylic acids is 1. The molecule has 2 aromatic carbocycles. The topological polar surface area (TPSA) is 52.8 Å². The van der Waals surface area contributed by atoms with Gasteiger partial charge >= 0.3 is 0 Å². The van der Waals surface area contributed by atoms with Crippen LogP contribution in [0.25, 0.3) is 10.2 Å². The van der Waals surface area contributed by atoms with E-state index in [4.69, 9.17) is 9.47 Å². The van der Waals surface area contributed by atoms with Gasteiger partial charge in [-0.3, -0.25) is 4.79 Å². The molecule has 0 N–H and O–H groups in total. The maximum atomic E-state index is 12.5. The van der Waals surface area contributed by atoms with Crippen molar-refractivity contribution in [2.24, 2.45) is 4.99 Å². The lowest BCUT2D eigenvalue weighted by molar-refractivity contribution is -0.118. The van der Waals surface area contributed by atoms with E-state index in [9.17, 15) is 4.79 Å². The minimum absolute atomic E-state index is 0.0780. The zero-order valence-electron chi connectivity index (χ0n) is 17.2. The Labute approximate surface area is 179 Å². The summed E-state index contributed by atoms with van der Waals surface area (Å²) in [6.45, 7) is 4.86. The van der Waals surface area contributed by atoms with E-state index < -0.39 is 0 Å². The first-order valence-corrected chi connectivity index (χ1v) is 11.4. The van der Waals surface area contributed by atoms with Gasteiger partial charge in [-0.2, -0.15) is 4.99 Å². The Morgan fingerprint density at radius 3 is 2.55 bits per heavy atom. The molecule has 0 aliphatic rings. The Morgan fingerprint density at radius 1 is 1.14 bits per heavy atom. The van der Waals surface area contributed by atoms with Gasteiger partial charge in [0.15, 0.2) is 4.80 Å². The lowest BCUT2D eigenvalue weighted by Crippen LogP contribution is -2.16. The van der Waals surface area contributed by atoms with Gasteiger partial charge in [0.05, 0.1) is 18.9 Å². The quantitative estimate of drug-likeness (QED) is 0.371. The lowest BCUT2D eigenvalue weighted by Gasteiger charge is -2.07. The second-order valence-corrected chi connectivity index (χ2v) is 8.67. The molecule has 1 amide bonds. The lowest BCUT2D eigenvalue weighted by atomic mass is 10.2. The first-order chi connectivity index (χ1) is 14.1. The van der Waals surface area contributed by atoms with Gasteiger partial charge in [0.25, 0.3) is 0 Å².